The molecule has 0 bridgehead atoms. The van der Waals surface area contributed by atoms with Crippen molar-refractivity contribution in [3.05, 3.63) is 233 Å². The van der Waals surface area contributed by atoms with Gasteiger partial charge in [-0.25, -0.2) is 0 Å². The summed E-state index contributed by atoms with van der Waals surface area (Å²) in [6, 6.07) is 73.8. The van der Waals surface area contributed by atoms with Gasteiger partial charge in [0, 0.05) is 83.2 Å². The van der Waals surface area contributed by atoms with E-state index in [1.807, 2.05) is 54.6 Å². The third kappa shape index (κ3) is 8.30. The molecule has 372 valence electrons. The minimum absolute atomic E-state index is 0.0503. The third-order valence-electron chi connectivity index (χ3n) is 14.7. The van der Waals surface area contributed by atoms with Gasteiger partial charge in [0.15, 0.2) is 0 Å². The predicted molar refractivity (Wildman–Crippen MR) is 320 cm³/mol. The zero-order valence-corrected chi connectivity index (χ0v) is 44.5. The Morgan fingerprint density at radius 3 is 1.12 bits per heavy atom. The average Bonchev–Trinajstić information content (AvgIpc) is 4.12. The van der Waals surface area contributed by atoms with Gasteiger partial charge in [0.25, 0.3) is 0 Å². The molecule has 0 radical (unpaired) electrons. The summed E-state index contributed by atoms with van der Waals surface area (Å²) >= 11 is 15.5. The summed E-state index contributed by atoms with van der Waals surface area (Å²) < 4.78 is 19.2. The van der Waals surface area contributed by atoms with Crippen LogP contribution in [0.4, 0.5) is 51.2 Å². The van der Waals surface area contributed by atoms with Gasteiger partial charge in [0.1, 0.15) is 33.5 Å². The molecule has 76 heavy (non-hydrogen) atoms. The number of hydrogen-bond donors (Lipinski definition) is 0. The molecule has 0 unspecified atom stereocenters. The van der Waals surface area contributed by atoms with Gasteiger partial charge in [-0.2, -0.15) is 0 Å². The Bertz CT molecular complexity index is 4250. The summed E-state index contributed by atoms with van der Waals surface area (Å²) in [7, 11) is 0. The van der Waals surface area contributed by atoms with Gasteiger partial charge in [-0.1, -0.05) is 150 Å². The first-order valence-electron chi connectivity index (χ1n) is 25.7. The van der Waals surface area contributed by atoms with E-state index in [4.69, 9.17) is 36.5 Å². The van der Waals surface area contributed by atoms with E-state index in [0.29, 0.717) is 21.4 Å². The van der Waals surface area contributed by atoms with Crippen LogP contribution in [0.25, 0.3) is 65.8 Å². The lowest BCUT2D eigenvalue weighted by atomic mass is 9.87. The lowest BCUT2D eigenvalue weighted by molar-refractivity contribution is 0.590. The molecule has 0 aliphatic rings. The summed E-state index contributed by atoms with van der Waals surface area (Å²) in [5, 5.41) is 7.29. The van der Waals surface area contributed by atoms with E-state index in [-0.39, 0.29) is 10.8 Å². The molecule has 13 rings (SSSR count). The fraction of sp³-hybridized carbons (Fsp3) is 0.118. The Morgan fingerprint density at radius 1 is 0.289 bits per heavy atom. The summed E-state index contributed by atoms with van der Waals surface area (Å²) in [5.74, 6) is 0. The van der Waals surface area contributed by atoms with Crippen LogP contribution in [0.5, 0.6) is 0 Å². The zero-order valence-electron chi connectivity index (χ0n) is 43.0. The smallest absolute Gasteiger partial charge is 0.137 e. The Morgan fingerprint density at radius 2 is 0.645 bits per heavy atom. The number of nitrogens with zero attached hydrogens (tertiary/aromatic N) is 3. The number of rotatable bonds is 9. The maximum atomic E-state index is 8.05. The molecule has 0 saturated heterocycles. The topological polar surface area (TPSA) is 49.1 Å². The van der Waals surface area contributed by atoms with Crippen LogP contribution in [-0.2, 0) is 10.8 Å². The van der Waals surface area contributed by atoms with E-state index in [0.717, 1.165) is 106 Å². The van der Waals surface area contributed by atoms with E-state index >= 15 is 0 Å². The third-order valence-corrected chi connectivity index (χ3v) is 15.3. The van der Waals surface area contributed by atoms with Crippen molar-refractivity contribution in [3.63, 3.8) is 0 Å². The number of hydrogen-bond acceptors (Lipinski definition) is 6. The lowest BCUT2D eigenvalue weighted by Crippen LogP contribution is -2.16. The average molecular weight is 1030 g/mol. The molecule has 0 aliphatic heterocycles. The quantitative estimate of drug-likeness (QED) is 0.144. The minimum atomic E-state index is -0.0720. The molecule has 6 nitrogen and oxygen atoms in total. The summed E-state index contributed by atoms with van der Waals surface area (Å²) in [6.07, 6.45) is 0. The standard InChI is InChI=1S/C68H53Cl2N3O3/c1-67(2,3)42-22-26-45(27-23-42)72(58-36-44(69)37-59(66(58)70)73(46-28-24-43(25-29-46)68(4,5)6)51-30-33-55-52-16-7-10-19-60(52)76-65(55)41-51)48-15-13-14-47(38-48)71(49-31-34-63-56(39-49)53-17-8-11-20-61(53)74-63)50-32-35-64-57(40-50)54-18-9-12-21-62(54)75-64/h7-41H,1-6H3. The minimum Gasteiger partial charge on any atom is -0.456 e. The van der Waals surface area contributed by atoms with E-state index in [9.17, 15) is 0 Å². The highest BCUT2D eigenvalue weighted by atomic mass is 35.5. The van der Waals surface area contributed by atoms with Gasteiger partial charge in [-0.05, 0) is 143 Å². The van der Waals surface area contributed by atoms with Crippen LogP contribution in [0.1, 0.15) is 52.7 Å². The van der Waals surface area contributed by atoms with Crippen LogP contribution < -0.4 is 14.7 Å². The van der Waals surface area contributed by atoms with Gasteiger partial charge >= 0.3 is 0 Å². The molecule has 0 fully saturated rings. The van der Waals surface area contributed by atoms with Crippen LogP contribution in [0, 0.1) is 0 Å². The maximum Gasteiger partial charge on any atom is 0.137 e. The van der Waals surface area contributed by atoms with Crippen molar-refractivity contribution >= 4 is 140 Å². The number of halogens is 2. The number of para-hydroxylation sites is 3. The molecule has 0 aliphatic carbocycles. The molecular formula is C68H53Cl2N3O3. The first-order valence-corrected chi connectivity index (χ1v) is 26.4. The molecule has 0 saturated carbocycles. The number of benzene rings is 10. The van der Waals surface area contributed by atoms with Crippen molar-refractivity contribution in [3.8, 4) is 0 Å². The molecule has 0 N–H and O–H groups in total. The van der Waals surface area contributed by atoms with Gasteiger partial charge in [0.2, 0.25) is 0 Å². The number of fused-ring (bicyclic) bond motifs is 9. The Kier molecular flexibility index (Phi) is 11.3. The SMILES string of the molecule is CC(C)(C)c1ccc(N(c2cccc(N(c3ccc4oc5ccccc5c4c3)c3ccc4oc5ccccc5c4c3)c2)c2cc(Cl)cc(N(c3ccc(C(C)(C)C)cc3)c3ccc4c(c3)oc3ccccc34)c2Cl)cc1. The van der Waals surface area contributed by atoms with Gasteiger partial charge in [-0.3, -0.25) is 0 Å². The number of furan rings is 3. The molecule has 3 heterocycles. The van der Waals surface area contributed by atoms with E-state index in [1.54, 1.807) is 0 Å². The van der Waals surface area contributed by atoms with Crippen LogP contribution >= 0.6 is 23.2 Å². The molecule has 8 heteroatoms. The fourth-order valence-electron chi connectivity index (χ4n) is 10.7. The van der Waals surface area contributed by atoms with Crippen LogP contribution in [-0.4, -0.2) is 0 Å². The Balaban J connectivity index is 1.02. The second kappa shape index (κ2) is 18.2. The largest absolute Gasteiger partial charge is 0.456 e. The van der Waals surface area contributed by atoms with Crippen molar-refractivity contribution in [2.75, 3.05) is 14.7 Å². The van der Waals surface area contributed by atoms with Gasteiger partial charge in [-0.15, -0.1) is 0 Å². The molecule has 10 aromatic carbocycles. The highest BCUT2D eigenvalue weighted by molar-refractivity contribution is 6.38. The molecule has 13 aromatic rings. The van der Waals surface area contributed by atoms with Crippen LogP contribution in [0.15, 0.2) is 226 Å². The number of anilines is 9. The van der Waals surface area contributed by atoms with E-state index < -0.39 is 0 Å². The highest BCUT2D eigenvalue weighted by Gasteiger charge is 2.27. The first-order chi connectivity index (χ1) is 36.7. The normalized spacial score (nSPS) is 12.2. The Labute approximate surface area is 451 Å². The van der Waals surface area contributed by atoms with Crippen molar-refractivity contribution in [2.24, 2.45) is 0 Å². The first kappa shape index (κ1) is 47.3. The zero-order chi connectivity index (χ0) is 52.0. The fourth-order valence-corrected chi connectivity index (χ4v) is 11.2. The monoisotopic (exact) mass is 1030 g/mol. The van der Waals surface area contributed by atoms with Crippen LogP contribution in [0.3, 0.4) is 0 Å². The summed E-state index contributed by atoms with van der Waals surface area (Å²) in [5.41, 5.74) is 15.1. The Hall–Kier alpha value is -8.42. The second-order valence-corrected chi connectivity index (χ2v) is 22.5. The van der Waals surface area contributed by atoms with Gasteiger partial charge < -0.3 is 28.0 Å². The van der Waals surface area contributed by atoms with Crippen molar-refractivity contribution in [1.29, 1.82) is 0 Å². The maximum absolute atomic E-state index is 8.05. The molecule has 0 spiro atoms. The summed E-state index contributed by atoms with van der Waals surface area (Å²) in [4.78, 5) is 6.70. The van der Waals surface area contributed by atoms with Crippen molar-refractivity contribution in [2.45, 2.75) is 52.4 Å². The molecule has 3 aromatic heterocycles. The predicted octanol–water partition coefficient (Wildman–Crippen LogP) is 21.7. The molecule has 0 atom stereocenters. The van der Waals surface area contributed by atoms with E-state index in [1.165, 1.54) is 11.1 Å². The highest BCUT2D eigenvalue weighted by Crippen LogP contribution is 2.51. The molecule has 0 amide bonds. The lowest BCUT2D eigenvalue weighted by Gasteiger charge is -2.33. The van der Waals surface area contributed by atoms with E-state index in [2.05, 4.69) is 214 Å². The van der Waals surface area contributed by atoms with Gasteiger partial charge in [0.05, 0.1) is 16.4 Å². The molecular weight excluding hydrogens is 978 g/mol. The second-order valence-electron chi connectivity index (χ2n) is 21.7. The van der Waals surface area contributed by atoms with Crippen molar-refractivity contribution < 1.29 is 13.3 Å². The van der Waals surface area contributed by atoms with Crippen LogP contribution in [0.2, 0.25) is 10.0 Å². The summed E-state index contributed by atoms with van der Waals surface area (Å²) in [6.45, 7) is 13.4. The van der Waals surface area contributed by atoms with Crippen molar-refractivity contribution in [1.82, 2.24) is 0 Å².